The van der Waals surface area contributed by atoms with Crippen LogP contribution in [-0.4, -0.2) is 37.0 Å². The molecule has 2 unspecified atom stereocenters. The highest BCUT2D eigenvalue weighted by Crippen LogP contribution is 2.32. The number of halogens is 1. The van der Waals surface area contributed by atoms with Crippen LogP contribution in [0.5, 0.6) is 0 Å². The number of sulfonamides is 1. The van der Waals surface area contributed by atoms with Crippen LogP contribution in [0.25, 0.3) is 0 Å². The fourth-order valence-electron chi connectivity index (χ4n) is 2.91. The van der Waals surface area contributed by atoms with E-state index in [9.17, 15) is 13.5 Å². The van der Waals surface area contributed by atoms with Crippen LogP contribution in [0.2, 0.25) is 5.02 Å². The smallest absolute Gasteiger partial charge is 0.243 e. The van der Waals surface area contributed by atoms with E-state index in [2.05, 4.69) is 0 Å². The minimum Gasteiger partial charge on any atom is -0.395 e. The molecule has 0 spiro atoms. The van der Waals surface area contributed by atoms with Gasteiger partial charge in [0.2, 0.25) is 10.0 Å². The van der Waals surface area contributed by atoms with E-state index >= 15 is 0 Å². The first-order chi connectivity index (χ1) is 10.9. The van der Waals surface area contributed by atoms with Gasteiger partial charge in [0.15, 0.2) is 0 Å². The van der Waals surface area contributed by atoms with Crippen molar-refractivity contribution in [3.8, 4) is 0 Å². The maximum Gasteiger partial charge on any atom is 0.243 e. The third-order valence-electron chi connectivity index (χ3n) is 4.94. The van der Waals surface area contributed by atoms with Crippen molar-refractivity contribution in [1.82, 2.24) is 4.31 Å². The third kappa shape index (κ3) is 4.27. The van der Waals surface area contributed by atoms with E-state index in [1.165, 1.54) is 16.4 Å². The van der Waals surface area contributed by atoms with E-state index in [0.717, 1.165) is 25.7 Å². The van der Waals surface area contributed by atoms with E-state index in [-0.39, 0.29) is 23.5 Å². The second-order valence-corrected chi connectivity index (χ2v) is 8.79. The van der Waals surface area contributed by atoms with E-state index < -0.39 is 10.0 Å². The van der Waals surface area contributed by atoms with Gasteiger partial charge in [-0.1, -0.05) is 38.3 Å². The summed E-state index contributed by atoms with van der Waals surface area (Å²) in [5, 5.41) is 10.3. The lowest BCUT2D eigenvalue weighted by Crippen LogP contribution is -2.48. The number of nitrogens with zero attached hydrogens (tertiary/aromatic N) is 1. The lowest BCUT2D eigenvalue weighted by molar-refractivity contribution is 0.118. The maximum absolute atomic E-state index is 13.1. The molecule has 1 aliphatic rings. The van der Waals surface area contributed by atoms with Crippen LogP contribution in [0.4, 0.5) is 0 Å². The van der Waals surface area contributed by atoms with Gasteiger partial charge < -0.3 is 5.11 Å². The predicted molar refractivity (Wildman–Crippen MR) is 93.0 cm³/mol. The molecular formula is C17H26ClNO3S. The Kier molecular flexibility index (Phi) is 6.48. The Balaban J connectivity index is 2.35. The van der Waals surface area contributed by atoms with Gasteiger partial charge in [-0.25, -0.2) is 8.42 Å². The zero-order chi connectivity index (χ0) is 17.0. The average Bonchev–Trinajstić information content (AvgIpc) is 2.49. The van der Waals surface area contributed by atoms with Crippen LogP contribution < -0.4 is 0 Å². The highest BCUT2D eigenvalue weighted by atomic mass is 35.5. The SMILES string of the molecule is CCC(C)C(CO)N(CC1CCC1)S(=O)(=O)c1ccc(Cl)cc1. The van der Waals surface area contributed by atoms with Gasteiger partial charge in [-0.05, 0) is 48.9 Å². The Bertz CT molecular complexity index is 599. The molecule has 130 valence electrons. The highest BCUT2D eigenvalue weighted by Gasteiger charge is 2.36. The number of rotatable bonds is 8. The lowest BCUT2D eigenvalue weighted by atomic mass is 9.85. The molecule has 0 radical (unpaired) electrons. The molecule has 1 N–H and O–H groups in total. The Morgan fingerprint density at radius 2 is 1.91 bits per heavy atom. The first kappa shape index (κ1) is 18.7. The third-order valence-corrected chi connectivity index (χ3v) is 7.10. The second-order valence-electron chi connectivity index (χ2n) is 6.46. The van der Waals surface area contributed by atoms with Gasteiger partial charge in [0.1, 0.15) is 0 Å². The molecule has 0 aromatic heterocycles. The van der Waals surface area contributed by atoms with Crippen molar-refractivity contribution >= 4 is 21.6 Å². The first-order valence-electron chi connectivity index (χ1n) is 8.28. The van der Waals surface area contributed by atoms with E-state index in [4.69, 9.17) is 11.6 Å². The summed E-state index contributed by atoms with van der Waals surface area (Å²) in [4.78, 5) is 0.239. The maximum atomic E-state index is 13.1. The van der Waals surface area contributed by atoms with Crippen LogP contribution in [0.1, 0.15) is 39.5 Å². The Labute approximate surface area is 144 Å². The molecule has 1 fully saturated rings. The predicted octanol–water partition coefficient (Wildman–Crippen LogP) is 3.54. The van der Waals surface area contributed by atoms with Gasteiger partial charge in [-0.2, -0.15) is 4.31 Å². The van der Waals surface area contributed by atoms with Gasteiger partial charge >= 0.3 is 0 Å². The van der Waals surface area contributed by atoms with Crippen LogP contribution >= 0.6 is 11.6 Å². The molecule has 4 nitrogen and oxygen atoms in total. The monoisotopic (exact) mass is 359 g/mol. The molecule has 1 aromatic carbocycles. The summed E-state index contributed by atoms with van der Waals surface area (Å²) >= 11 is 5.87. The molecule has 1 aromatic rings. The number of aliphatic hydroxyl groups is 1. The van der Waals surface area contributed by atoms with Crippen molar-refractivity contribution in [3.05, 3.63) is 29.3 Å². The normalized spacial score (nSPS) is 18.7. The van der Waals surface area contributed by atoms with Gasteiger partial charge in [0, 0.05) is 11.6 Å². The van der Waals surface area contributed by atoms with E-state index in [1.54, 1.807) is 12.1 Å². The fourth-order valence-corrected chi connectivity index (χ4v) is 4.83. The zero-order valence-electron chi connectivity index (χ0n) is 13.8. The number of hydrogen-bond acceptors (Lipinski definition) is 3. The molecule has 23 heavy (non-hydrogen) atoms. The van der Waals surface area contributed by atoms with E-state index in [0.29, 0.717) is 17.5 Å². The number of benzene rings is 1. The summed E-state index contributed by atoms with van der Waals surface area (Å²) in [5.41, 5.74) is 0. The van der Waals surface area contributed by atoms with Crippen molar-refractivity contribution in [2.45, 2.75) is 50.5 Å². The van der Waals surface area contributed by atoms with Crippen molar-refractivity contribution < 1.29 is 13.5 Å². The molecule has 1 saturated carbocycles. The summed E-state index contributed by atoms with van der Waals surface area (Å²) in [6.07, 6.45) is 4.10. The van der Waals surface area contributed by atoms with Crippen LogP contribution in [0.15, 0.2) is 29.2 Å². The van der Waals surface area contributed by atoms with Crippen molar-refractivity contribution in [2.75, 3.05) is 13.2 Å². The summed E-state index contributed by atoms with van der Waals surface area (Å²) in [7, 11) is -3.64. The first-order valence-corrected chi connectivity index (χ1v) is 10.1. The Hall–Kier alpha value is -0.620. The van der Waals surface area contributed by atoms with Crippen LogP contribution in [0.3, 0.4) is 0 Å². The summed E-state index contributed by atoms with van der Waals surface area (Å²) < 4.78 is 27.7. The Morgan fingerprint density at radius 1 is 1.30 bits per heavy atom. The molecule has 0 amide bonds. The topological polar surface area (TPSA) is 57.6 Å². The van der Waals surface area contributed by atoms with Gasteiger partial charge in [0.05, 0.1) is 17.5 Å². The summed E-state index contributed by atoms with van der Waals surface area (Å²) in [6.45, 7) is 4.34. The molecule has 1 aliphatic carbocycles. The fraction of sp³-hybridized carbons (Fsp3) is 0.647. The van der Waals surface area contributed by atoms with Gasteiger partial charge in [-0.15, -0.1) is 0 Å². The minimum absolute atomic E-state index is 0.0992. The van der Waals surface area contributed by atoms with Crippen LogP contribution in [-0.2, 0) is 10.0 Å². The van der Waals surface area contributed by atoms with Crippen molar-refractivity contribution in [1.29, 1.82) is 0 Å². The molecule has 0 saturated heterocycles. The number of aliphatic hydroxyl groups excluding tert-OH is 1. The molecule has 2 atom stereocenters. The average molecular weight is 360 g/mol. The van der Waals surface area contributed by atoms with Crippen molar-refractivity contribution in [2.24, 2.45) is 11.8 Å². The van der Waals surface area contributed by atoms with Gasteiger partial charge in [0.25, 0.3) is 0 Å². The summed E-state index contributed by atoms with van der Waals surface area (Å²) in [6, 6.07) is 5.87. The second kappa shape index (κ2) is 7.97. The molecular weight excluding hydrogens is 334 g/mol. The Morgan fingerprint density at radius 3 is 2.35 bits per heavy atom. The van der Waals surface area contributed by atoms with Gasteiger partial charge in [-0.3, -0.25) is 0 Å². The lowest BCUT2D eigenvalue weighted by Gasteiger charge is -2.38. The highest BCUT2D eigenvalue weighted by molar-refractivity contribution is 7.89. The van der Waals surface area contributed by atoms with E-state index in [1.807, 2.05) is 13.8 Å². The molecule has 6 heteroatoms. The molecule has 0 heterocycles. The standard InChI is InChI=1S/C17H26ClNO3S/c1-3-13(2)17(12-20)19(11-14-5-4-6-14)23(21,22)16-9-7-15(18)8-10-16/h7-10,13-14,17,20H,3-6,11-12H2,1-2H3. The minimum atomic E-state index is -3.64. The van der Waals surface area contributed by atoms with Crippen LogP contribution in [0, 0.1) is 11.8 Å². The quantitative estimate of drug-likeness (QED) is 0.772. The zero-order valence-corrected chi connectivity index (χ0v) is 15.4. The van der Waals surface area contributed by atoms with Crippen molar-refractivity contribution in [3.63, 3.8) is 0 Å². The largest absolute Gasteiger partial charge is 0.395 e. The summed E-state index contributed by atoms with van der Waals surface area (Å²) in [5.74, 6) is 0.498. The number of hydrogen-bond donors (Lipinski definition) is 1. The molecule has 0 aliphatic heterocycles. The molecule has 0 bridgehead atoms. The molecule has 2 rings (SSSR count).